The van der Waals surface area contributed by atoms with Crippen LogP contribution < -0.4 is 10.2 Å². The average Bonchev–Trinajstić information content (AvgIpc) is 2.53. The number of hydrogen-bond donors (Lipinski definition) is 1. The van der Waals surface area contributed by atoms with Crippen LogP contribution in [0.1, 0.15) is 13.8 Å². The summed E-state index contributed by atoms with van der Waals surface area (Å²) in [6, 6.07) is 4.75. The van der Waals surface area contributed by atoms with Crippen LogP contribution in [0.2, 0.25) is 0 Å². The maximum absolute atomic E-state index is 12.6. The number of carbonyl (C=O) groups is 1. The first-order valence-electron chi connectivity index (χ1n) is 8.92. The van der Waals surface area contributed by atoms with Crippen molar-refractivity contribution in [2.45, 2.75) is 31.0 Å². The van der Waals surface area contributed by atoms with Gasteiger partial charge in [-0.2, -0.15) is 0 Å². The van der Waals surface area contributed by atoms with Crippen molar-refractivity contribution in [3.63, 3.8) is 0 Å². The van der Waals surface area contributed by atoms with Gasteiger partial charge < -0.3 is 15.0 Å². The molecule has 152 valence electrons. The van der Waals surface area contributed by atoms with Crippen LogP contribution in [0.5, 0.6) is 0 Å². The third-order valence-electron chi connectivity index (χ3n) is 4.36. The number of carbonyl (C=O) groups excluding carboxylic acids is 1. The van der Waals surface area contributed by atoms with Gasteiger partial charge in [0.2, 0.25) is 15.9 Å². The number of nitrogens with zero attached hydrogens (tertiary/aromatic N) is 3. The molecule has 0 aliphatic carbocycles. The number of rotatable bonds is 6. The van der Waals surface area contributed by atoms with Crippen LogP contribution in [0.4, 0.5) is 11.4 Å². The summed E-state index contributed by atoms with van der Waals surface area (Å²) in [6.45, 7) is 5.58. The molecule has 2 rings (SSSR count). The number of sulfonamides is 1. The molecule has 1 aromatic carbocycles. The van der Waals surface area contributed by atoms with Gasteiger partial charge in [-0.25, -0.2) is 12.7 Å². The molecule has 0 bridgehead atoms. The predicted octanol–water partition coefficient (Wildman–Crippen LogP) is 1.05. The van der Waals surface area contributed by atoms with Crippen molar-refractivity contribution in [3.8, 4) is 0 Å². The Morgan fingerprint density at radius 2 is 1.78 bits per heavy atom. The molecule has 1 fully saturated rings. The fraction of sp³-hybridized carbons (Fsp3) is 0.611. The number of nitrogens with one attached hydrogen (secondary N) is 1. The summed E-state index contributed by atoms with van der Waals surface area (Å²) in [5.74, 6) is -0.182. The van der Waals surface area contributed by atoms with Crippen LogP contribution in [-0.4, -0.2) is 83.6 Å². The maximum atomic E-state index is 12.6. The lowest BCUT2D eigenvalue weighted by Crippen LogP contribution is -2.48. The highest BCUT2D eigenvalue weighted by Crippen LogP contribution is 2.28. The summed E-state index contributed by atoms with van der Waals surface area (Å²) in [7, 11) is 3.07. The summed E-state index contributed by atoms with van der Waals surface area (Å²) < 4.78 is 31.7. The largest absolute Gasteiger partial charge is 0.376 e. The van der Waals surface area contributed by atoms with E-state index in [-0.39, 0.29) is 29.6 Å². The van der Waals surface area contributed by atoms with E-state index in [2.05, 4.69) is 5.32 Å². The normalized spacial score (nSPS) is 21.3. The first-order valence-corrected chi connectivity index (χ1v) is 10.4. The van der Waals surface area contributed by atoms with Gasteiger partial charge in [-0.05, 0) is 32.0 Å². The molecule has 1 saturated heterocycles. The molecule has 1 N–H and O–H groups in total. The second-order valence-corrected chi connectivity index (χ2v) is 9.51. The van der Waals surface area contributed by atoms with E-state index in [4.69, 9.17) is 4.74 Å². The zero-order valence-corrected chi connectivity index (χ0v) is 17.7. The van der Waals surface area contributed by atoms with E-state index in [0.29, 0.717) is 18.8 Å². The molecule has 27 heavy (non-hydrogen) atoms. The predicted molar refractivity (Wildman–Crippen MR) is 107 cm³/mol. The van der Waals surface area contributed by atoms with E-state index in [1.165, 1.54) is 20.2 Å². The number of ether oxygens (including phenoxy) is 1. The maximum Gasteiger partial charge on any atom is 0.242 e. The second kappa shape index (κ2) is 8.55. The Morgan fingerprint density at radius 3 is 2.30 bits per heavy atom. The Kier molecular flexibility index (Phi) is 6.85. The van der Waals surface area contributed by atoms with Gasteiger partial charge in [-0.15, -0.1) is 0 Å². The Labute approximate surface area is 162 Å². The van der Waals surface area contributed by atoms with Gasteiger partial charge >= 0.3 is 0 Å². The zero-order chi connectivity index (χ0) is 20.4. The van der Waals surface area contributed by atoms with E-state index in [1.54, 1.807) is 12.1 Å². The summed E-state index contributed by atoms with van der Waals surface area (Å²) in [5, 5.41) is 2.87. The summed E-state index contributed by atoms with van der Waals surface area (Å²) >= 11 is 0. The van der Waals surface area contributed by atoms with Crippen LogP contribution >= 0.6 is 0 Å². The van der Waals surface area contributed by atoms with Gasteiger partial charge in [0.1, 0.15) is 0 Å². The number of hydrogen-bond acceptors (Lipinski definition) is 6. The van der Waals surface area contributed by atoms with Crippen LogP contribution in [-0.2, 0) is 19.6 Å². The lowest BCUT2D eigenvalue weighted by molar-refractivity contribution is -0.121. The van der Waals surface area contributed by atoms with Crippen molar-refractivity contribution < 1.29 is 17.9 Å². The molecule has 0 spiro atoms. The van der Waals surface area contributed by atoms with E-state index >= 15 is 0 Å². The third kappa shape index (κ3) is 5.41. The number of benzene rings is 1. The van der Waals surface area contributed by atoms with E-state index in [1.807, 2.05) is 37.7 Å². The highest BCUT2D eigenvalue weighted by Gasteiger charge is 2.25. The minimum atomic E-state index is -3.58. The molecule has 1 aliphatic heterocycles. The highest BCUT2D eigenvalue weighted by atomic mass is 32.2. The Morgan fingerprint density at radius 1 is 1.19 bits per heavy atom. The Hall–Kier alpha value is -1.68. The molecule has 2 atom stereocenters. The second-order valence-electron chi connectivity index (χ2n) is 7.36. The van der Waals surface area contributed by atoms with Crippen LogP contribution in [0.3, 0.4) is 0 Å². The van der Waals surface area contributed by atoms with Gasteiger partial charge in [-0.3, -0.25) is 9.69 Å². The monoisotopic (exact) mass is 398 g/mol. The molecule has 0 saturated carbocycles. The number of morpholine rings is 1. The summed E-state index contributed by atoms with van der Waals surface area (Å²) in [5.41, 5.74) is 1.21. The topological polar surface area (TPSA) is 82.2 Å². The molecule has 9 heteroatoms. The quantitative estimate of drug-likeness (QED) is 0.771. The van der Waals surface area contributed by atoms with Crippen molar-refractivity contribution in [3.05, 3.63) is 18.2 Å². The van der Waals surface area contributed by atoms with Gasteiger partial charge in [0.15, 0.2) is 0 Å². The molecule has 1 amide bonds. The third-order valence-corrected chi connectivity index (χ3v) is 6.18. The van der Waals surface area contributed by atoms with E-state index < -0.39 is 10.0 Å². The van der Waals surface area contributed by atoms with Crippen LogP contribution in [0.25, 0.3) is 0 Å². The molecule has 0 unspecified atom stereocenters. The molecular formula is C18H30N4O4S. The lowest BCUT2D eigenvalue weighted by atomic mass is 10.2. The van der Waals surface area contributed by atoms with Crippen molar-refractivity contribution in [1.29, 1.82) is 0 Å². The SMILES string of the molecule is C[C@@H]1CN(CC(=O)Nc2cc(S(=O)(=O)N(C)C)ccc2N(C)C)C[C@H](C)O1. The minimum absolute atomic E-state index is 0.0763. The standard InChI is InChI=1S/C18H30N4O4S/c1-13-10-22(11-14(2)26-13)12-18(23)19-16-9-15(27(24,25)21(5)6)7-8-17(16)20(3)4/h7-9,13-14H,10-12H2,1-6H3,(H,19,23)/t13-,14+. The zero-order valence-electron chi connectivity index (χ0n) is 16.9. The number of amides is 1. The summed E-state index contributed by atoms with van der Waals surface area (Å²) in [4.78, 5) is 16.6. The molecule has 1 aliphatic rings. The van der Waals surface area contributed by atoms with E-state index in [0.717, 1.165) is 9.99 Å². The molecule has 8 nitrogen and oxygen atoms in total. The average molecular weight is 399 g/mol. The van der Waals surface area contributed by atoms with Crippen molar-refractivity contribution in [1.82, 2.24) is 9.21 Å². The van der Waals surface area contributed by atoms with Gasteiger partial charge in [0.25, 0.3) is 0 Å². The smallest absolute Gasteiger partial charge is 0.242 e. The molecule has 1 aromatic rings. The molecular weight excluding hydrogens is 368 g/mol. The fourth-order valence-electron chi connectivity index (χ4n) is 3.18. The molecule has 0 aromatic heterocycles. The van der Waals surface area contributed by atoms with E-state index in [9.17, 15) is 13.2 Å². The summed E-state index contributed by atoms with van der Waals surface area (Å²) in [6.07, 6.45) is 0.153. The van der Waals surface area contributed by atoms with Gasteiger partial charge in [-0.1, -0.05) is 0 Å². The first-order chi connectivity index (χ1) is 12.5. The molecule has 1 heterocycles. The number of anilines is 2. The minimum Gasteiger partial charge on any atom is -0.376 e. The van der Waals surface area contributed by atoms with Gasteiger partial charge in [0.05, 0.1) is 35.0 Å². The van der Waals surface area contributed by atoms with Crippen molar-refractivity contribution in [2.75, 3.05) is 58.0 Å². The lowest BCUT2D eigenvalue weighted by Gasteiger charge is -2.34. The fourth-order valence-corrected chi connectivity index (χ4v) is 4.11. The van der Waals surface area contributed by atoms with Gasteiger partial charge in [0, 0.05) is 41.3 Å². The first kappa shape index (κ1) is 21.6. The van der Waals surface area contributed by atoms with Crippen molar-refractivity contribution in [2.24, 2.45) is 0 Å². The highest BCUT2D eigenvalue weighted by molar-refractivity contribution is 7.89. The van der Waals surface area contributed by atoms with Crippen LogP contribution in [0, 0.1) is 0 Å². The molecule has 0 radical (unpaired) electrons. The van der Waals surface area contributed by atoms with Crippen LogP contribution in [0.15, 0.2) is 23.1 Å². The van der Waals surface area contributed by atoms with Crippen molar-refractivity contribution >= 4 is 27.3 Å². The Balaban J connectivity index is 2.21. The Bertz CT molecular complexity index is 770.